The van der Waals surface area contributed by atoms with Crippen LogP contribution in [0.2, 0.25) is 0 Å². The minimum atomic E-state index is -0.377. The Kier molecular flexibility index (Phi) is 4.37. The molecule has 0 amide bonds. The molecule has 0 radical (unpaired) electrons. The van der Waals surface area contributed by atoms with E-state index in [0.29, 0.717) is 43.2 Å². The number of nitrogens with zero attached hydrogens (tertiary/aromatic N) is 6. The summed E-state index contributed by atoms with van der Waals surface area (Å²) in [7, 11) is 1.62. The fourth-order valence-corrected chi connectivity index (χ4v) is 3.51. The first kappa shape index (κ1) is 18.1. The summed E-state index contributed by atoms with van der Waals surface area (Å²) in [6.45, 7) is 4.94. The van der Waals surface area contributed by atoms with Gasteiger partial charge in [0.05, 0.1) is 18.8 Å². The lowest BCUT2D eigenvalue weighted by molar-refractivity contribution is 0.590. The third-order valence-corrected chi connectivity index (χ3v) is 4.81. The normalized spacial score (nSPS) is 13.7. The minimum absolute atomic E-state index is 0.305. The maximum atomic E-state index is 13.2. The number of fused-ring (bicyclic) bond motifs is 3. The molecule has 1 aromatic carbocycles. The Balaban J connectivity index is 1.89. The Morgan fingerprint density at radius 3 is 2.57 bits per heavy atom. The summed E-state index contributed by atoms with van der Waals surface area (Å²) in [5.41, 5.74) is 1.68. The molecule has 0 aliphatic carbocycles. The molecule has 8 nitrogen and oxygen atoms in total. The number of aromatic nitrogens is 4. The molecular formula is C19H21FN6O2. The van der Waals surface area contributed by atoms with Crippen LogP contribution >= 0.6 is 0 Å². The molecule has 0 fully saturated rings. The number of imidazole rings is 1. The van der Waals surface area contributed by atoms with Gasteiger partial charge in [0.15, 0.2) is 11.2 Å². The van der Waals surface area contributed by atoms with Crippen molar-refractivity contribution in [2.45, 2.75) is 39.9 Å². The summed E-state index contributed by atoms with van der Waals surface area (Å²) in [6.07, 6.45) is 0.679. The Labute approximate surface area is 160 Å². The summed E-state index contributed by atoms with van der Waals surface area (Å²) < 4.78 is 17.7. The van der Waals surface area contributed by atoms with Crippen LogP contribution < -0.4 is 16.3 Å². The number of hydrazone groups is 1. The topological polar surface area (TPSA) is 77.4 Å². The van der Waals surface area contributed by atoms with Crippen LogP contribution in [0.15, 0.2) is 39.0 Å². The van der Waals surface area contributed by atoms with Crippen LogP contribution in [0.1, 0.15) is 25.8 Å². The first-order valence-corrected chi connectivity index (χ1v) is 9.16. The van der Waals surface area contributed by atoms with Crippen LogP contribution in [0, 0.1) is 5.82 Å². The van der Waals surface area contributed by atoms with Crippen LogP contribution in [0.3, 0.4) is 0 Å². The molecule has 0 N–H and O–H groups in total. The van der Waals surface area contributed by atoms with E-state index in [4.69, 9.17) is 0 Å². The smallest absolute Gasteiger partial charge is 0.297 e. The van der Waals surface area contributed by atoms with Crippen molar-refractivity contribution in [3.05, 3.63) is 56.5 Å². The quantitative estimate of drug-likeness (QED) is 0.688. The fraction of sp³-hybridized carbons (Fsp3) is 0.368. The first-order valence-electron chi connectivity index (χ1n) is 9.16. The molecule has 0 unspecified atom stereocenters. The first-order chi connectivity index (χ1) is 13.4. The SMILES string of the molecule is CCCn1c(=O)c2c(nc3n2CC(C)=NN3Cc2ccc(F)cc2)n(C)c1=O. The van der Waals surface area contributed by atoms with Crippen LogP contribution in [0.4, 0.5) is 10.3 Å². The second kappa shape index (κ2) is 6.74. The highest BCUT2D eigenvalue weighted by atomic mass is 19.1. The van der Waals surface area contributed by atoms with Gasteiger partial charge in [-0.1, -0.05) is 19.1 Å². The molecule has 1 aliphatic heterocycles. The average Bonchev–Trinajstić information content (AvgIpc) is 3.05. The summed E-state index contributed by atoms with van der Waals surface area (Å²) in [5.74, 6) is 0.187. The summed E-state index contributed by atoms with van der Waals surface area (Å²) in [6, 6.07) is 6.16. The van der Waals surface area contributed by atoms with Crippen molar-refractivity contribution in [1.29, 1.82) is 0 Å². The molecule has 0 saturated heterocycles. The Bertz CT molecular complexity index is 1200. The lowest BCUT2D eigenvalue weighted by Crippen LogP contribution is -2.40. The number of hydrogen-bond donors (Lipinski definition) is 0. The van der Waals surface area contributed by atoms with Gasteiger partial charge < -0.3 is 0 Å². The Morgan fingerprint density at radius 1 is 1.18 bits per heavy atom. The maximum absolute atomic E-state index is 13.2. The van der Waals surface area contributed by atoms with Gasteiger partial charge in [-0.05, 0) is 31.0 Å². The van der Waals surface area contributed by atoms with E-state index in [0.717, 1.165) is 11.3 Å². The second-order valence-corrected chi connectivity index (χ2v) is 6.99. The molecule has 2 aromatic heterocycles. The number of halogens is 1. The molecular weight excluding hydrogens is 363 g/mol. The van der Waals surface area contributed by atoms with E-state index in [1.54, 1.807) is 28.8 Å². The number of benzene rings is 1. The van der Waals surface area contributed by atoms with Gasteiger partial charge >= 0.3 is 5.69 Å². The van der Waals surface area contributed by atoms with Crippen molar-refractivity contribution in [2.75, 3.05) is 5.01 Å². The van der Waals surface area contributed by atoms with Crippen LogP contribution in [-0.2, 0) is 26.7 Å². The van der Waals surface area contributed by atoms with Crippen molar-refractivity contribution in [1.82, 2.24) is 18.7 Å². The monoisotopic (exact) mass is 384 g/mol. The van der Waals surface area contributed by atoms with Gasteiger partial charge in [-0.25, -0.2) is 14.2 Å². The van der Waals surface area contributed by atoms with Crippen molar-refractivity contribution in [2.24, 2.45) is 12.1 Å². The van der Waals surface area contributed by atoms with Gasteiger partial charge in [-0.15, -0.1) is 0 Å². The van der Waals surface area contributed by atoms with E-state index < -0.39 is 0 Å². The van der Waals surface area contributed by atoms with Crippen LogP contribution in [0.5, 0.6) is 0 Å². The fourth-order valence-electron chi connectivity index (χ4n) is 3.51. The van der Waals surface area contributed by atoms with Gasteiger partial charge in [0.2, 0.25) is 5.95 Å². The highest BCUT2D eigenvalue weighted by molar-refractivity contribution is 5.87. The van der Waals surface area contributed by atoms with Gasteiger partial charge in [0.1, 0.15) is 5.82 Å². The average molecular weight is 384 g/mol. The van der Waals surface area contributed by atoms with Crippen molar-refractivity contribution in [3.8, 4) is 0 Å². The number of rotatable bonds is 4. The molecule has 0 atom stereocenters. The molecule has 1 aliphatic rings. The number of hydrogen-bond acceptors (Lipinski definition) is 5. The molecule has 0 spiro atoms. The Hall–Kier alpha value is -3.23. The zero-order valence-electron chi connectivity index (χ0n) is 16.0. The molecule has 146 valence electrons. The minimum Gasteiger partial charge on any atom is -0.297 e. The predicted octanol–water partition coefficient (Wildman–Crippen LogP) is 1.84. The summed E-state index contributed by atoms with van der Waals surface area (Å²) >= 11 is 0. The van der Waals surface area contributed by atoms with Gasteiger partial charge in [0, 0.05) is 13.6 Å². The maximum Gasteiger partial charge on any atom is 0.332 e. The molecule has 3 aromatic rings. The van der Waals surface area contributed by atoms with E-state index in [9.17, 15) is 14.0 Å². The molecule has 28 heavy (non-hydrogen) atoms. The van der Waals surface area contributed by atoms with Crippen molar-refractivity contribution < 1.29 is 4.39 Å². The molecule has 0 saturated carbocycles. The lowest BCUT2D eigenvalue weighted by atomic mass is 10.2. The number of aryl methyl sites for hydroxylation is 1. The highest BCUT2D eigenvalue weighted by Gasteiger charge is 2.26. The number of anilines is 1. The van der Waals surface area contributed by atoms with Crippen LogP contribution in [0.25, 0.3) is 11.2 Å². The lowest BCUT2D eigenvalue weighted by Gasteiger charge is -2.25. The molecule has 0 bridgehead atoms. The molecule has 9 heteroatoms. The van der Waals surface area contributed by atoms with Crippen molar-refractivity contribution >= 4 is 22.8 Å². The second-order valence-electron chi connectivity index (χ2n) is 6.99. The van der Waals surface area contributed by atoms with E-state index >= 15 is 0 Å². The zero-order chi connectivity index (χ0) is 20.0. The third-order valence-electron chi connectivity index (χ3n) is 4.81. The largest absolute Gasteiger partial charge is 0.332 e. The standard InChI is InChI=1S/C19H21FN6O2/c1-4-9-24-17(27)15-16(23(3)19(24)28)21-18-25(15)10-12(2)22-26(18)11-13-5-7-14(20)8-6-13/h5-8H,4,9-11H2,1-3H3. The van der Waals surface area contributed by atoms with Crippen LogP contribution in [-0.4, -0.2) is 24.4 Å². The van der Waals surface area contributed by atoms with Crippen molar-refractivity contribution in [3.63, 3.8) is 0 Å². The highest BCUT2D eigenvalue weighted by Crippen LogP contribution is 2.25. The van der Waals surface area contributed by atoms with Gasteiger partial charge in [-0.3, -0.25) is 18.5 Å². The third kappa shape index (κ3) is 2.83. The van der Waals surface area contributed by atoms with Gasteiger partial charge in [-0.2, -0.15) is 10.1 Å². The van der Waals surface area contributed by atoms with E-state index in [1.807, 2.05) is 13.8 Å². The predicted molar refractivity (Wildman–Crippen MR) is 105 cm³/mol. The zero-order valence-corrected chi connectivity index (χ0v) is 16.0. The van der Waals surface area contributed by atoms with E-state index in [2.05, 4.69) is 10.1 Å². The molecule has 4 rings (SSSR count). The molecule has 3 heterocycles. The summed E-state index contributed by atoms with van der Waals surface area (Å²) in [4.78, 5) is 30.2. The summed E-state index contributed by atoms with van der Waals surface area (Å²) in [5, 5.41) is 6.23. The van der Waals surface area contributed by atoms with E-state index in [-0.39, 0.29) is 17.1 Å². The Morgan fingerprint density at radius 2 is 1.89 bits per heavy atom. The van der Waals surface area contributed by atoms with E-state index in [1.165, 1.54) is 21.3 Å². The van der Waals surface area contributed by atoms with Gasteiger partial charge in [0.25, 0.3) is 5.56 Å².